The summed E-state index contributed by atoms with van der Waals surface area (Å²) in [6, 6.07) is 11.8. The highest BCUT2D eigenvalue weighted by Gasteiger charge is 2.30. The molecule has 0 radical (unpaired) electrons. The quantitative estimate of drug-likeness (QED) is 0.546. The fraction of sp³-hybridized carbons (Fsp3) is 0.300. The number of carbonyl (C=O) groups excluding carboxylic acids is 1. The summed E-state index contributed by atoms with van der Waals surface area (Å²) in [7, 11) is 1.81. The summed E-state index contributed by atoms with van der Waals surface area (Å²) in [5.74, 6) is 1.22. The Morgan fingerprint density at radius 1 is 1.18 bits per heavy atom. The van der Waals surface area contributed by atoms with E-state index in [9.17, 15) is 4.79 Å². The van der Waals surface area contributed by atoms with Crippen molar-refractivity contribution in [1.82, 2.24) is 24.6 Å². The minimum Gasteiger partial charge on any atom is -0.341 e. The Labute approximate surface area is 172 Å². The third kappa shape index (κ3) is 4.36. The van der Waals surface area contributed by atoms with Gasteiger partial charge in [-0.2, -0.15) is 0 Å². The predicted molar refractivity (Wildman–Crippen MR) is 110 cm³/mol. The van der Waals surface area contributed by atoms with Gasteiger partial charge in [-0.25, -0.2) is 0 Å². The predicted octanol–water partition coefficient (Wildman–Crippen LogP) is 4.08. The van der Waals surface area contributed by atoms with Crippen LogP contribution in [0.3, 0.4) is 0 Å². The van der Waals surface area contributed by atoms with Crippen LogP contribution in [0.2, 0.25) is 5.02 Å². The second kappa shape index (κ2) is 8.32. The summed E-state index contributed by atoms with van der Waals surface area (Å²) >= 11 is 7.36. The average Bonchev–Trinajstić information content (AvgIpc) is 3.47. The molecule has 144 valence electrons. The number of nitrogens with zero attached hydrogens (tertiary/aromatic N) is 5. The molecule has 6 nitrogen and oxygen atoms in total. The standard InChI is InChI=1S/C20H20ClN5OS/c1-25(12-14-2-4-16(21)5-3-14)18(27)13-28-20-24-23-19(26(20)17-6-7-17)15-8-10-22-11-9-15/h2-5,8-11,17H,6-7,12-13H2,1H3. The zero-order chi connectivity index (χ0) is 19.5. The number of hydrogen-bond donors (Lipinski definition) is 0. The van der Waals surface area contributed by atoms with E-state index in [2.05, 4.69) is 19.7 Å². The van der Waals surface area contributed by atoms with Crippen molar-refractivity contribution in [1.29, 1.82) is 0 Å². The molecule has 0 spiro atoms. The van der Waals surface area contributed by atoms with E-state index < -0.39 is 0 Å². The van der Waals surface area contributed by atoms with E-state index in [1.165, 1.54) is 11.8 Å². The molecular formula is C20H20ClN5OS. The zero-order valence-electron chi connectivity index (χ0n) is 15.5. The lowest BCUT2D eigenvalue weighted by Crippen LogP contribution is -2.27. The normalized spacial score (nSPS) is 13.5. The average molecular weight is 414 g/mol. The van der Waals surface area contributed by atoms with Gasteiger partial charge in [0.2, 0.25) is 5.91 Å². The number of halogens is 1. The van der Waals surface area contributed by atoms with Crippen LogP contribution in [0.15, 0.2) is 53.9 Å². The van der Waals surface area contributed by atoms with Crippen molar-refractivity contribution in [3.05, 3.63) is 59.4 Å². The van der Waals surface area contributed by atoms with E-state index in [-0.39, 0.29) is 5.91 Å². The maximum atomic E-state index is 12.6. The number of rotatable bonds is 7. The number of aromatic nitrogens is 4. The van der Waals surface area contributed by atoms with Gasteiger partial charge >= 0.3 is 0 Å². The molecule has 0 unspecified atom stereocenters. The van der Waals surface area contributed by atoms with Crippen molar-refractivity contribution >= 4 is 29.3 Å². The number of amides is 1. The van der Waals surface area contributed by atoms with Crippen LogP contribution in [0.5, 0.6) is 0 Å². The number of hydrogen-bond acceptors (Lipinski definition) is 5. The van der Waals surface area contributed by atoms with Gasteiger partial charge in [-0.15, -0.1) is 10.2 Å². The van der Waals surface area contributed by atoms with Gasteiger partial charge in [0.25, 0.3) is 0 Å². The first kappa shape index (κ1) is 19.0. The maximum absolute atomic E-state index is 12.6. The van der Waals surface area contributed by atoms with Gasteiger partial charge in [-0.3, -0.25) is 14.3 Å². The van der Waals surface area contributed by atoms with Gasteiger partial charge in [0.1, 0.15) is 0 Å². The van der Waals surface area contributed by atoms with Crippen LogP contribution >= 0.6 is 23.4 Å². The van der Waals surface area contributed by atoms with Crippen molar-refractivity contribution in [3.8, 4) is 11.4 Å². The first-order valence-electron chi connectivity index (χ1n) is 9.08. The molecule has 3 aromatic rings. The fourth-order valence-electron chi connectivity index (χ4n) is 2.92. The van der Waals surface area contributed by atoms with Crippen LogP contribution in [0.25, 0.3) is 11.4 Å². The van der Waals surface area contributed by atoms with Crippen LogP contribution < -0.4 is 0 Å². The zero-order valence-corrected chi connectivity index (χ0v) is 17.0. The first-order valence-corrected chi connectivity index (χ1v) is 10.4. The molecule has 2 heterocycles. The molecule has 1 aliphatic carbocycles. The molecule has 1 saturated carbocycles. The monoisotopic (exact) mass is 413 g/mol. The first-order chi connectivity index (χ1) is 13.6. The number of thioether (sulfide) groups is 1. The number of carbonyl (C=O) groups is 1. The molecule has 8 heteroatoms. The Bertz CT molecular complexity index is 956. The molecule has 2 aromatic heterocycles. The molecule has 4 rings (SSSR count). The largest absolute Gasteiger partial charge is 0.341 e. The fourth-order valence-corrected chi connectivity index (χ4v) is 4.00. The van der Waals surface area contributed by atoms with E-state index in [4.69, 9.17) is 11.6 Å². The third-order valence-electron chi connectivity index (χ3n) is 4.60. The summed E-state index contributed by atoms with van der Waals surface area (Å²) in [4.78, 5) is 18.4. The van der Waals surface area contributed by atoms with E-state index >= 15 is 0 Å². The molecular weight excluding hydrogens is 394 g/mol. The SMILES string of the molecule is CN(Cc1ccc(Cl)cc1)C(=O)CSc1nnc(-c2ccncc2)n1C1CC1. The molecule has 1 aliphatic rings. The van der Waals surface area contributed by atoms with Gasteiger partial charge in [-0.1, -0.05) is 35.5 Å². The van der Waals surface area contributed by atoms with Crippen LogP contribution in [-0.2, 0) is 11.3 Å². The molecule has 1 aromatic carbocycles. The Hall–Kier alpha value is -2.38. The highest BCUT2D eigenvalue weighted by molar-refractivity contribution is 7.99. The molecule has 28 heavy (non-hydrogen) atoms. The molecule has 0 aliphatic heterocycles. The summed E-state index contributed by atoms with van der Waals surface area (Å²) in [5.41, 5.74) is 2.04. The lowest BCUT2D eigenvalue weighted by Gasteiger charge is -2.17. The van der Waals surface area contributed by atoms with Crippen LogP contribution in [0.4, 0.5) is 0 Å². The van der Waals surface area contributed by atoms with Gasteiger partial charge in [0.05, 0.1) is 5.75 Å². The number of benzene rings is 1. The smallest absolute Gasteiger partial charge is 0.233 e. The van der Waals surface area contributed by atoms with Crippen LogP contribution in [0, 0.1) is 0 Å². The minimum atomic E-state index is 0.0516. The Kier molecular flexibility index (Phi) is 5.64. The van der Waals surface area contributed by atoms with E-state index in [0.717, 1.165) is 34.9 Å². The second-order valence-corrected chi connectivity index (χ2v) is 8.19. The lowest BCUT2D eigenvalue weighted by atomic mass is 10.2. The summed E-state index contributed by atoms with van der Waals surface area (Å²) in [6.45, 7) is 0.550. The molecule has 1 amide bonds. The third-order valence-corrected chi connectivity index (χ3v) is 5.78. The Morgan fingerprint density at radius 3 is 2.57 bits per heavy atom. The van der Waals surface area contributed by atoms with E-state index in [1.807, 2.05) is 43.4 Å². The van der Waals surface area contributed by atoms with E-state index in [0.29, 0.717) is 23.4 Å². The summed E-state index contributed by atoms with van der Waals surface area (Å²) < 4.78 is 2.16. The lowest BCUT2D eigenvalue weighted by molar-refractivity contribution is -0.127. The van der Waals surface area contributed by atoms with Crippen molar-refractivity contribution in [2.24, 2.45) is 0 Å². The molecule has 0 saturated heterocycles. The van der Waals surface area contributed by atoms with Crippen molar-refractivity contribution in [2.75, 3.05) is 12.8 Å². The second-order valence-electron chi connectivity index (χ2n) is 6.81. The topological polar surface area (TPSA) is 63.9 Å². The van der Waals surface area contributed by atoms with Crippen LogP contribution in [0.1, 0.15) is 24.4 Å². The highest BCUT2D eigenvalue weighted by atomic mass is 35.5. The van der Waals surface area contributed by atoms with Crippen molar-refractivity contribution in [3.63, 3.8) is 0 Å². The maximum Gasteiger partial charge on any atom is 0.233 e. The van der Waals surface area contributed by atoms with E-state index in [1.54, 1.807) is 17.3 Å². The van der Waals surface area contributed by atoms with Crippen LogP contribution in [-0.4, -0.2) is 43.4 Å². The van der Waals surface area contributed by atoms with Gasteiger partial charge in [0, 0.05) is 42.6 Å². The van der Waals surface area contributed by atoms with Gasteiger partial charge < -0.3 is 4.90 Å². The molecule has 0 atom stereocenters. The van der Waals surface area contributed by atoms with Crippen molar-refractivity contribution < 1.29 is 4.79 Å². The molecule has 0 N–H and O–H groups in total. The Balaban J connectivity index is 1.42. The minimum absolute atomic E-state index is 0.0516. The molecule has 1 fully saturated rings. The number of pyridine rings is 1. The van der Waals surface area contributed by atoms with Crippen molar-refractivity contribution in [2.45, 2.75) is 30.6 Å². The van der Waals surface area contributed by atoms with Gasteiger partial charge in [-0.05, 0) is 42.7 Å². The van der Waals surface area contributed by atoms with Gasteiger partial charge in [0.15, 0.2) is 11.0 Å². The summed E-state index contributed by atoms with van der Waals surface area (Å²) in [6.07, 6.45) is 5.74. The molecule has 0 bridgehead atoms. The highest BCUT2D eigenvalue weighted by Crippen LogP contribution is 2.41. The summed E-state index contributed by atoms with van der Waals surface area (Å²) in [5, 5.41) is 10.2. The Morgan fingerprint density at radius 2 is 1.89 bits per heavy atom.